The summed E-state index contributed by atoms with van der Waals surface area (Å²) in [5, 5.41) is 0. The monoisotopic (exact) mass is 514 g/mol. The minimum absolute atomic E-state index is 0.0584. The van der Waals surface area contributed by atoms with E-state index in [1.807, 2.05) is 0 Å². The lowest BCUT2D eigenvalue weighted by atomic mass is 10.1. The van der Waals surface area contributed by atoms with E-state index in [1.54, 1.807) is 13.8 Å². The summed E-state index contributed by atoms with van der Waals surface area (Å²) in [5.74, 6) is 0.639. The van der Waals surface area contributed by atoms with Crippen molar-refractivity contribution in [1.82, 2.24) is 9.55 Å². The maximum Gasteiger partial charge on any atom is 0.348 e. The number of ether oxygens (including phenoxy) is 3. The summed E-state index contributed by atoms with van der Waals surface area (Å²) in [4.78, 5) is 55.6. The number of nitrogens with zero attached hydrogens (tertiary/aromatic N) is 1. The van der Waals surface area contributed by atoms with Crippen LogP contribution in [0.15, 0.2) is 27.7 Å². The Bertz CT molecular complexity index is 1030. The van der Waals surface area contributed by atoms with Crippen molar-refractivity contribution >= 4 is 25.9 Å². The van der Waals surface area contributed by atoms with Crippen LogP contribution >= 0.6 is 14.1 Å². The van der Waals surface area contributed by atoms with Gasteiger partial charge in [-0.3, -0.25) is 18.9 Å². The molecular formula is C17H28N2O10P2S. The summed E-state index contributed by atoms with van der Waals surface area (Å²) in [6, 6.07) is 0. The van der Waals surface area contributed by atoms with Gasteiger partial charge in [-0.1, -0.05) is 13.8 Å². The van der Waals surface area contributed by atoms with Gasteiger partial charge in [0.2, 0.25) is 0 Å². The first-order chi connectivity index (χ1) is 14.8. The second-order valence-corrected chi connectivity index (χ2v) is 12.9. The summed E-state index contributed by atoms with van der Waals surface area (Å²) < 4.78 is 35.0. The number of methoxy groups -OCH3 is 1. The topological polar surface area (TPSA) is 170 Å². The third-order valence-electron chi connectivity index (χ3n) is 4.64. The zero-order chi connectivity index (χ0) is 24.3. The number of aromatic amines is 1. The lowest BCUT2D eigenvalue weighted by Crippen LogP contribution is -2.41. The molecule has 1 aromatic heterocycles. The van der Waals surface area contributed by atoms with Gasteiger partial charge in [0.25, 0.3) is 5.56 Å². The molecule has 0 spiro atoms. The molecule has 1 unspecified atom stereocenters. The van der Waals surface area contributed by atoms with Crippen LogP contribution in [0.5, 0.6) is 0 Å². The molecule has 0 saturated carbocycles. The summed E-state index contributed by atoms with van der Waals surface area (Å²) in [7, 11) is -3.08. The minimum Gasteiger partial charge on any atom is -0.382 e. The van der Waals surface area contributed by atoms with E-state index in [2.05, 4.69) is 4.98 Å². The van der Waals surface area contributed by atoms with Gasteiger partial charge in [-0.05, 0) is 24.8 Å². The van der Waals surface area contributed by atoms with E-state index >= 15 is 0 Å². The van der Waals surface area contributed by atoms with E-state index in [1.165, 1.54) is 20.2 Å². The number of nitrogens with one attached hydrogen (secondary N) is 1. The van der Waals surface area contributed by atoms with Crippen LogP contribution in [0, 0.1) is 6.92 Å². The maximum absolute atomic E-state index is 12.5. The van der Waals surface area contributed by atoms with Crippen LogP contribution in [0.25, 0.3) is 0 Å². The Kier molecular flexibility index (Phi) is 9.34. The zero-order valence-corrected chi connectivity index (χ0v) is 20.6. The average Bonchev–Trinajstić information content (AvgIpc) is 2.99. The fourth-order valence-electron chi connectivity index (χ4n) is 2.88. The predicted octanol–water partition coefficient (Wildman–Crippen LogP) is 0.561. The van der Waals surface area contributed by atoms with Crippen molar-refractivity contribution in [3.63, 3.8) is 0 Å². The normalized spacial score (nSPS) is 26.1. The Hall–Kier alpha value is -0.980. The lowest BCUT2D eigenvalue weighted by molar-refractivity contribution is -0.0758. The van der Waals surface area contributed by atoms with Crippen molar-refractivity contribution in [2.24, 2.45) is 0 Å². The highest BCUT2D eigenvalue weighted by atomic mass is 32.5. The maximum atomic E-state index is 12.5. The molecule has 5 atom stereocenters. The molecule has 0 amide bonds. The third-order valence-corrected chi connectivity index (χ3v) is 8.57. The molecule has 32 heavy (non-hydrogen) atoms. The Morgan fingerprint density at radius 2 is 1.94 bits per heavy atom. The van der Waals surface area contributed by atoms with Gasteiger partial charge >= 0.3 is 13.3 Å². The Balaban J connectivity index is 2.56. The quantitative estimate of drug-likeness (QED) is 0.254. The second kappa shape index (κ2) is 11.0. The fraction of sp³-hybridized carbons (Fsp3) is 0.647. The molecule has 1 saturated heterocycles. The second-order valence-electron chi connectivity index (χ2n) is 7.46. The summed E-state index contributed by atoms with van der Waals surface area (Å²) in [6.45, 7) is 1.72. The van der Waals surface area contributed by atoms with Crippen LogP contribution in [-0.2, 0) is 35.1 Å². The van der Waals surface area contributed by atoms with Crippen LogP contribution in [0.1, 0.15) is 25.6 Å². The van der Waals surface area contributed by atoms with E-state index in [0.29, 0.717) is 5.82 Å². The first-order valence-corrected chi connectivity index (χ1v) is 14.0. The van der Waals surface area contributed by atoms with Crippen LogP contribution in [0.2, 0.25) is 0 Å². The molecule has 4 N–H and O–H groups in total. The standard InChI is InChI=1S/C17H28N2O10P2S/c1-10(2)31(25,32)29-13-12(5-8-30(22,23)24)28-16(14(13)27-7-6-26-4)19-9-11(3)15(20)18-17(19)21/h5,8-10,12-14,16H,6-7H2,1-4H3,(H,25,32)(H,18,20,21)(H2,22,23,24)/b8-5+/t12-,13-,14-,16-,31?/m1/s1. The van der Waals surface area contributed by atoms with E-state index < -0.39 is 55.5 Å². The minimum atomic E-state index is -4.55. The molecule has 2 heterocycles. The number of hydrogen-bond donors (Lipinski definition) is 4. The van der Waals surface area contributed by atoms with Gasteiger partial charge in [0.1, 0.15) is 18.3 Å². The van der Waals surface area contributed by atoms with E-state index in [0.717, 1.165) is 10.6 Å². The molecule has 1 aromatic rings. The largest absolute Gasteiger partial charge is 0.382 e. The molecule has 2 rings (SSSR count). The van der Waals surface area contributed by atoms with Gasteiger partial charge in [0.05, 0.1) is 13.2 Å². The van der Waals surface area contributed by atoms with Crippen molar-refractivity contribution in [1.29, 1.82) is 0 Å². The SMILES string of the molecule is COCCO[C@@H]1[C@H](OP(O)(=S)C(C)C)[C@@H](/C=C/P(=O)(O)O)O[C@H]1n1cc(C)c(=O)[nH]c1=O. The number of hydrogen-bond acceptors (Lipinski definition) is 8. The molecular weight excluding hydrogens is 486 g/mol. The highest BCUT2D eigenvalue weighted by molar-refractivity contribution is 8.09. The van der Waals surface area contributed by atoms with Crippen molar-refractivity contribution in [2.75, 3.05) is 20.3 Å². The van der Waals surface area contributed by atoms with Crippen LogP contribution in [0.3, 0.4) is 0 Å². The fourth-order valence-corrected chi connectivity index (χ4v) is 4.40. The molecule has 15 heteroatoms. The van der Waals surface area contributed by atoms with Gasteiger partial charge in [-0.2, -0.15) is 0 Å². The Morgan fingerprint density at radius 3 is 2.50 bits per heavy atom. The molecule has 0 aliphatic carbocycles. The first-order valence-electron chi connectivity index (χ1n) is 9.60. The van der Waals surface area contributed by atoms with Crippen LogP contribution < -0.4 is 11.2 Å². The van der Waals surface area contributed by atoms with Crippen molar-refractivity contribution in [3.8, 4) is 0 Å². The van der Waals surface area contributed by atoms with E-state index in [4.69, 9.17) is 30.5 Å². The lowest BCUT2D eigenvalue weighted by Gasteiger charge is -2.29. The Labute approximate surface area is 189 Å². The third kappa shape index (κ3) is 7.01. The number of aromatic nitrogens is 2. The molecule has 1 aliphatic rings. The van der Waals surface area contributed by atoms with E-state index in [9.17, 15) is 28.8 Å². The first kappa shape index (κ1) is 27.3. The molecule has 1 aliphatic heterocycles. The molecule has 1 fully saturated rings. The van der Waals surface area contributed by atoms with E-state index in [-0.39, 0.29) is 18.8 Å². The Morgan fingerprint density at radius 1 is 1.28 bits per heavy atom. The average molecular weight is 514 g/mol. The zero-order valence-electron chi connectivity index (χ0n) is 18.0. The van der Waals surface area contributed by atoms with Gasteiger partial charge in [-0.25, -0.2) is 4.79 Å². The summed E-state index contributed by atoms with van der Waals surface area (Å²) in [6.07, 6.45) is -2.08. The summed E-state index contributed by atoms with van der Waals surface area (Å²) >= 11 is 5.24. The number of H-pyrrole nitrogens is 1. The smallest absolute Gasteiger partial charge is 0.348 e. The van der Waals surface area contributed by atoms with Gasteiger partial charge in [0, 0.05) is 30.3 Å². The summed E-state index contributed by atoms with van der Waals surface area (Å²) in [5.41, 5.74) is -1.56. The van der Waals surface area contributed by atoms with Crippen molar-refractivity contribution in [3.05, 3.63) is 44.5 Å². The molecule has 0 bridgehead atoms. The molecule has 0 aromatic carbocycles. The highest BCUT2D eigenvalue weighted by Crippen LogP contribution is 2.52. The van der Waals surface area contributed by atoms with Gasteiger partial charge < -0.3 is 33.4 Å². The van der Waals surface area contributed by atoms with Crippen LogP contribution in [-0.4, -0.2) is 68.5 Å². The highest BCUT2D eigenvalue weighted by Gasteiger charge is 2.49. The predicted molar refractivity (Wildman–Crippen MR) is 119 cm³/mol. The van der Waals surface area contributed by atoms with Gasteiger partial charge in [0.15, 0.2) is 12.7 Å². The molecule has 12 nitrogen and oxygen atoms in total. The number of rotatable bonds is 10. The van der Waals surface area contributed by atoms with Crippen LogP contribution in [0.4, 0.5) is 0 Å². The van der Waals surface area contributed by atoms with Gasteiger partial charge in [-0.15, -0.1) is 0 Å². The van der Waals surface area contributed by atoms with Crippen molar-refractivity contribution in [2.45, 2.75) is 51.0 Å². The van der Waals surface area contributed by atoms with Crippen molar-refractivity contribution < 1.29 is 38.0 Å². The molecule has 182 valence electrons. The molecule has 0 radical (unpaired) electrons. The number of aryl methyl sites for hydroxylation is 1.